The van der Waals surface area contributed by atoms with Crippen LogP contribution in [-0.4, -0.2) is 6.61 Å². The summed E-state index contributed by atoms with van der Waals surface area (Å²) in [6, 6.07) is 0. The van der Waals surface area contributed by atoms with Gasteiger partial charge < -0.3 is 4.74 Å². The lowest BCUT2D eigenvalue weighted by Gasteiger charge is -2.06. The Balaban J connectivity index is 0. The van der Waals surface area contributed by atoms with E-state index >= 15 is 0 Å². The van der Waals surface area contributed by atoms with Crippen molar-refractivity contribution in [2.75, 3.05) is 6.61 Å². The number of hydrogen-bond donors (Lipinski definition) is 0. The summed E-state index contributed by atoms with van der Waals surface area (Å²) in [7, 11) is 0. The highest BCUT2D eigenvalue weighted by Crippen LogP contribution is 2.11. The molecule has 0 saturated heterocycles. The molecule has 0 bridgehead atoms. The van der Waals surface area contributed by atoms with E-state index in [4.69, 9.17) is 4.74 Å². The van der Waals surface area contributed by atoms with Gasteiger partial charge in [-0.25, -0.2) is 0 Å². The molecular weight excluding hydrogens is 160 g/mol. The molecule has 0 aliphatic heterocycles. The fraction of sp³-hybridized carbons (Fsp3) is 0.500. The van der Waals surface area contributed by atoms with Crippen LogP contribution in [0.4, 0.5) is 0 Å². The first-order valence-electron chi connectivity index (χ1n) is 4.90. The smallest absolute Gasteiger partial charge is 0.121 e. The van der Waals surface area contributed by atoms with Crippen molar-refractivity contribution in [2.45, 2.75) is 34.1 Å². The van der Waals surface area contributed by atoms with Crippen molar-refractivity contribution in [1.82, 2.24) is 0 Å². The van der Waals surface area contributed by atoms with Gasteiger partial charge in [0.1, 0.15) is 5.76 Å². The van der Waals surface area contributed by atoms with E-state index in [0.29, 0.717) is 6.61 Å². The van der Waals surface area contributed by atoms with Gasteiger partial charge in [0.25, 0.3) is 0 Å². The lowest BCUT2D eigenvalue weighted by molar-refractivity contribution is 0.239. The van der Waals surface area contributed by atoms with Gasteiger partial charge in [-0.1, -0.05) is 40.0 Å². The van der Waals surface area contributed by atoms with Gasteiger partial charge >= 0.3 is 0 Å². The van der Waals surface area contributed by atoms with E-state index in [9.17, 15) is 0 Å². The number of ether oxygens (including phenoxy) is 1. The molecule has 0 aromatic rings. The summed E-state index contributed by atoms with van der Waals surface area (Å²) < 4.78 is 5.33. The molecule has 0 rings (SSSR count). The lowest BCUT2D eigenvalue weighted by Crippen LogP contribution is -1.92. The highest BCUT2D eigenvalue weighted by atomic mass is 16.5. The SMILES string of the molecule is C=C/C(CC)=C(\C=C)OCC.CC. The van der Waals surface area contributed by atoms with E-state index in [1.54, 1.807) is 6.08 Å². The summed E-state index contributed by atoms with van der Waals surface area (Å²) in [5.74, 6) is 0.852. The average Bonchev–Trinajstić information content (AvgIpc) is 2.21. The van der Waals surface area contributed by atoms with Crippen LogP contribution in [0.3, 0.4) is 0 Å². The molecule has 76 valence electrons. The predicted octanol–water partition coefficient (Wildman–Crippen LogP) is 4.09. The van der Waals surface area contributed by atoms with Crippen LogP contribution >= 0.6 is 0 Å². The molecule has 0 fully saturated rings. The molecule has 0 radical (unpaired) electrons. The molecule has 1 nitrogen and oxygen atoms in total. The summed E-state index contributed by atoms with van der Waals surface area (Å²) in [5, 5.41) is 0. The second-order valence-corrected chi connectivity index (χ2v) is 2.08. The molecule has 0 aliphatic carbocycles. The standard InChI is InChI=1S/C10H16O.C2H6/c1-5-9(6-2)10(7-3)11-8-4;1-2/h5,7H,1,3,6,8H2,2,4H3;1-2H3/b10-9-;. The van der Waals surface area contributed by atoms with Crippen molar-refractivity contribution in [1.29, 1.82) is 0 Å². The van der Waals surface area contributed by atoms with E-state index in [2.05, 4.69) is 20.1 Å². The molecule has 1 heteroatoms. The summed E-state index contributed by atoms with van der Waals surface area (Å²) in [6.45, 7) is 16.1. The van der Waals surface area contributed by atoms with Crippen molar-refractivity contribution in [3.63, 3.8) is 0 Å². The molecule has 0 atom stereocenters. The third-order valence-corrected chi connectivity index (χ3v) is 1.43. The van der Waals surface area contributed by atoms with Crippen molar-refractivity contribution < 1.29 is 4.74 Å². The van der Waals surface area contributed by atoms with Crippen molar-refractivity contribution in [3.05, 3.63) is 36.6 Å². The maximum absolute atomic E-state index is 5.33. The molecular formula is C12H22O. The zero-order chi connectivity index (χ0) is 10.7. The van der Waals surface area contributed by atoms with Crippen LogP contribution in [0.25, 0.3) is 0 Å². The highest BCUT2D eigenvalue weighted by Gasteiger charge is 1.96. The Labute approximate surface area is 82.8 Å². The van der Waals surface area contributed by atoms with Gasteiger partial charge in [-0.2, -0.15) is 0 Å². The van der Waals surface area contributed by atoms with Gasteiger partial charge in [0.05, 0.1) is 6.61 Å². The Kier molecular flexibility index (Phi) is 12.3. The van der Waals surface area contributed by atoms with E-state index in [1.807, 2.05) is 26.8 Å². The van der Waals surface area contributed by atoms with Crippen LogP contribution in [0.5, 0.6) is 0 Å². The van der Waals surface area contributed by atoms with Crippen molar-refractivity contribution in [2.24, 2.45) is 0 Å². The predicted molar refractivity (Wildman–Crippen MR) is 60.7 cm³/mol. The third-order valence-electron chi connectivity index (χ3n) is 1.43. The van der Waals surface area contributed by atoms with Gasteiger partial charge in [-0.15, -0.1) is 0 Å². The minimum Gasteiger partial charge on any atom is -0.494 e. The van der Waals surface area contributed by atoms with E-state index in [1.165, 1.54) is 0 Å². The Morgan fingerprint density at radius 1 is 1.15 bits per heavy atom. The first-order chi connectivity index (χ1) is 6.29. The molecule has 0 aromatic carbocycles. The Hall–Kier alpha value is -0.980. The lowest BCUT2D eigenvalue weighted by atomic mass is 10.1. The van der Waals surface area contributed by atoms with E-state index in [0.717, 1.165) is 17.8 Å². The van der Waals surface area contributed by atoms with E-state index in [-0.39, 0.29) is 0 Å². The van der Waals surface area contributed by atoms with Gasteiger partial charge in [-0.3, -0.25) is 0 Å². The Bertz CT molecular complexity index is 166. The van der Waals surface area contributed by atoms with Crippen molar-refractivity contribution in [3.8, 4) is 0 Å². The maximum Gasteiger partial charge on any atom is 0.121 e. The second-order valence-electron chi connectivity index (χ2n) is 2.08. The van der Waals surface area contributed by atoms with Crippen LogP contribution in [0.2, 0.25) is 0 Å². The van der Waals surface area contributed by atoms with E-state index < -0.39 is 0 Å². The summed E-state index contributed by atoms with van der Waals surface area (Å²) in [5.41, 5.74) is 1.11. The fourth-order valence-electron chi connectivity index (χ4n) is 0.857. The molecule has 0 unspecified atom stereocenters. The molecule has 0 amide bonds. The van der Waals surface area contributed by atoms with Gasteiger partial charge in [0.2, 0.25) is 0 Å². The Morgan fingerprint density at radius 3 is 1.92 bits per heavy atom. The largest absolute Gasteiger partial charge is 0.494 e. The number of allylic oxidation sites excluding steroid dienone is 3. The monoisotopic (exact) mass is 182 g/mol. The van der Waals surface area contributed by atoms with Crippen LogP contribution in [0, 0.1) is 0 Å². The summed E-state index contributed by atoms with van der Waals surface area (Å²) in [6.07, 6.45) is 4.47. The molecule has 0 heterocycles. The minimum absolute atomic E-state index is 0.679. The molecule has 0 N–H and O–H groups in total. The number of rotatable bonds is 5. The van der Waals surface area contributed by atoms with Gasteiger partial charge in [0.15, 0.2) is 0 Å². The quantitative estimate of drug-likeness (QED) is 0.459. The zero-order valence-electron chi connectivity index (χ0n) is 9.39. The summed E-state index contributed by atoms with van der Waals surface area (Å²) in [4.78, 5) is 0. The molecule has 0 spiro atoms. The van der Waals surface area contributed by atoms with Gasteiger partial charge in [0, 0.05) is 0 Å². The third kappa shape index (κ3) is 6.21. The van der Waals surface area contributed by atoms with Crippen LogP contribution in [0.15, 0.2) is 36.6 Å². The first-order valence-corrected chi connectivity index (χ1v) is 4.90. The Morgan fingerprint density at radius 2 is 1.69 bits per heavy atom. The van der Waals surface area contributed by atoms with Crippen molar-refractivity contribution >= 4 is 0 Å². The molecule has 13 heavy (non-hydrogen) atoms. The number of hydrogen-bond acceptors (Lipinski definition) is 1. The summed E-state index contributed by atoms with van der Waals surface area (Å²) >= 11 is 0. The van der Waals surface area contributed by atoms with Crippen LogP contribution < -0.4 is 0 Å². The molecule has 0 aromatic heterocycles. The highest BCUT2D eigenvalue weighted by molar-refractivity contribution is 5.26. The van der Waals surface area contributed by atoms with Gasteiger partial charge in [-0.05, 0) is 25.0 Å². The normalized spacial score (nSPS) is 10.5. The molecule has 0 aliphatic rings. The molecule has 0 saturated carbocycles. The van der Waals surface area contributed by atoms with Crippen LogP contribution in [0.1, 0.15) is 34.1 Å². The topological polar surface area (TPSA) is 9.23 Å². The second kappa shape index (κ2) is 11.0. The van der Waals surface area contributed by atoms with Crippen LogP contribution in [-0.2, 0) is 4.74 Å². The average molecular weight is 182 g/mol. The minimum atomic E-state index is 0.679. The first kappa shape index (κ1) is 14.5. The zero-order valence-corrected chi connectivity index (χ0v) is 9.39. The fourth-order valence-corrected chi connectivity index (χ4v) is 0.857. The maximum atomic E-state index is 5.33.